The summed E-state index contributed by atoms with van der Waals surface area (Å²) in [6.45, 7) is 4.47. The molecule has 92 valence electrons. The van der Waals surface area contributed by atoms with E-state index in [2.05, 4.69) is 23.4 Å². The van der Waals surface area contributed by atoms with Gasteiger partial charge in [-0.15, -0.1) is 0 Å². The summed E-state index contributed by atoms with van der Waals surface area (Å²) in [6.07, 6.45) is 1.53. The molecule has 0 amide bonds. The van der Waals surface area contributed by atoms with Crippen LogP contribution in [0, 0.1) is 0 Å². The zero-order valence-electron chi connectivity index (χ0n) is 10.2. The first kappa shape index (κ1) is 12.4. The van der Waals surface area contributed by atoms with E-state index in [-0.39, 0.29) is 6.61 Å². The molecule has 0 atom stereocenters. The van der Waals surface area contributed by atoms with Gasteiger partial charge in [-0.3, -0.25) is 0 Å². The topological polar surface area (TPSA) is 38.0 Å². The molecule has 1 N–H and O–H groups in total. The van der Waals surface area contributed by atoms with Gasteiger partial charge in [0.05, 0.1) is 11.0 Å². The second-order valence-corrected chi connectivity index (χ2v) is 4.89. The van der Waals surface area contributed by atoms with E-state index in [9.17, 15) is 0 Å². The zero-order chi connectivity index (χ0) is 12.4. The Morgan fingerprint density at radius 3 is 2.82 bits per heavy atom. The summed E-state index contributed by atoms with van der Waals surface area (Å²) < 4.78 is 2.21. The maximum atomic E-state index is 8.92. The van der Waals surface area contributed by atoms with E-state index in [1.807, 2.05) is 18.2 Å². The molecule has 17 heavy (non-hydrogen) atoms. The van der Waals surface area contributed by atoms with Crippen LogP contribution in [0.5, 0.6) is 0 Å². The van der Waals surface area contributed by atoms with E-state index in [1.54, 1.807) is 0 Å². The first-order chi connectivity index (χ1) is 8.13. The van der Waals surface area contributed by atoms with Crippen LogP contribution in [0.3, 0.4) is 0 Å². The number of imidazole rings is 1. The molecule has 0 spiro atoms. The van der Waals surface area contributed by atoms with Crippen LogP contribution in [0.25, 0.3) is 11.0 Å². The van der Waals surface area contributed by atoms with Gasteiger partial charge in [0.15, 0.2) is 0 Å². The molecule has 0 aliphatic heterocycles. The molecule has 3 nitrogen and oxygen atoms in total. The molecule has 1 heterocycles. The Bertz CT molecular complexity index is 519. The van der Waals surface area contributed by atoms with Crippen molar-refractivity contribution in [3.05, 3.63) is 29.0 Å². The number of aliphatic hydroxyl groups is 1. The van der Waals surface area contributed by atoms with Crippen LogP contribution in [0.2, 0.25) is 5.02 Å². The summed E-state index contributed by atoms with van der Waals surface area (Å²) in [5, 5.41) is 9.63. The van der Waals surface area contributed by atoms with Gasteiger partial charge < -0.3 is 9.67 Å². The standard InChI is InChI=1S/C13H17ClN2O/c1-9(2)16-12-6-5-10(14)8-11(12)15-13(16)4-3-7-17/h5-6,8-9,17H,3-4,7H2,1-2H3. The maximum absolute atomic E-state index is 8.92. The first-order valence-electron chi connectivity index (χ1n) is 5.90. The molecule has 4 heteroatoms. The Morgan fingerprint density at radius 1 is 1.41 bits per heavy atom. The fraction of sp³-hybridized carbons (Fsp3) is 0.462. The highest BCUT2D eigenvalue weighted by Gasteiger charge is 2.12. The monoisotopic (exact) mass is 252 g/mol. The molecule has 0 saturated heterocycles. The van der Waals surface area contributed by atoms with Gasteiger partial charge in [0.25, 0.3) is 0 Å². The third-order valence-corrected chi connectivity index (χ3v) is 3.03. The summed E-state index contributed by atoms with van der Waals surface area (Å²) in [4.78, 5) is 4.60. The van der Waals surface area contributed by atoms with Crippen LogP contribution in [0.1, 0.15) is 32.1 Å². The van der Waals surface area contributed by atoms with Gasteiger partial charge in [-0.2, -0.15) is 0 Å². The van der Waals surface area contributed by atoms with Gasteiger partial charge in [-0.1, -0.05) is 11.6 Å². The third-order valence-electron chi connectivity index (χ3n) is 2.80. The highest BCUT2D eigenvalue weighted by atomic mass is 35.5. The second-order valence-electron chi connectivity index (χ2n) is 4.45. The number of rotatable bonds is 4. The number of benzene rings is 1. The number of aliphatic hydroxyl groups excluding tert-OH is 1. The van der Waals surface area contributed by atoms with Gasteiger partial charge in [0.2, 0.25) is 0 Å². The third kappa shape index (κ3) is 2.45. The van der Waals surface area contributed by atoms with Gasteiger partial charge in [-0.05, 0) is 38.5 Å². The first-order valence-corrected chi connectivity index (χ1v) is 6.28. The predicted molar refractivity (Wildman–Crippen MR) is 70.5 cm³/mol. The van der Waals surface area contributed by atoms with Crippen molar-refractivity contribution in [1.82, 2.24) is 9.55 Å². The number of nitrogens with zero attached hydrogens (tertiary/aromatic N) is 2. The van der Waals surface area contributed by atoms with Gasteiger partial charge in [0.1, 0.15) is 5.82 Å². The van der Waals surface area contributed by atoms with E-state index in [0.717, 1.165) is 29.7 Å². The van der Waals surface area contributed by atoms with Crippen LogP contribution >= 0.6 is 11.6 Å². The lowest BCUT2D eigenvalue weighted by Crippen LogP contribution is -2.07. The molecule has 0 aliphatic carbocycles. The van der Waals surface area contributed by atoms with Gasteiger partial charge >= 0.3 is 0 Å². The summed E-state index contributed by atoms with van der Waals surface area (Å²) >= 11 is 5.97. The second kappa shape index (κ2) is 5.07. The minimum absolute atomic E-state index is 0.196. The van der Waals surface area contributed by atoms with Crippen LogP contribution in [-0.2, 0) is 6.42 Å². The molecule has 0 bridgehead atoms. The molecule has 0 radical (unpaired) electrons. The van der Waals surface area contributed by atoms with E-state index in [1.165, 1.54) is 0 Å². The molecular weight excluding hydrogens is 236 g/mol. The fourth-order valence-electron chi connectivity index (χ4n) is 2.11. The maximum Gasteiger partial charge on any atom is 0.110 e. The summed E-state index contributed by atoms with van der Waals surface area (Å²) in [5.41, 5.74) is 2.04. The quantitative estimate of drug-likeness (QED) is 0.908. The SMILES string of the molecule is CC(C)n1c(CCCO)nc2cc(Cl)ccc21. The average molecular weight is 253 g/mol. The number of halogens is 1. The minimum Gasteiger partial charge on any atom is -0.396 e. The largest absolute Gasteiger partial charge is 0.396 e. The molecule has 0 unspecified atom stereocenters. The molecule has 1 aromatic heterocycles. The molecule has 0 fully saturated rings. The Labute approximate surface area is 106 Å². The van der Waals surface area contributed by atoms with Crippen molar-refractivity contribution in [3.8, 4) is 0 Å². The summed E-state index contributed by atoms with van der Waals surface area (Å²) in [7, 11) is 0. The van der Waals surface area contributed by atoms with Gasteiger partial charge in [-0.25, -0.2) is 4.98 Å². The van der Waals surface area contributed by atoms with E-state index in [0.29, 0.717) is 11.1 Å². The number of hydrogen-bond donors (Lipinski definition) is 1. The summed E-state index contributed by atoms with van der Waals surface area (Å²) in [6, 6.07) is 6.14. The van der Waals surface area contributed by atoms with Crippen molar-refractivity contribution >= 4 is 22.6 Å². The van der Waals surface area contributed by atoms with Gasteiger partial charge in [0, 0.05) is 24.1 Å². The van der Waals surface area contributed by atoms with E-state index in [4.69, 9.17) is 16.7 Å². The Morgan fingerprint density at radius 2 is 2.18 bits per heavy atom. The number of aryl methyl sites for hydroxylation is 1. The molecule has 0 aliphatic rings. The zero-order valence-corrected chi connectivity index (χ0v) is 10.9. The Hall–Kier alpha value is -1.06. The molecule has 2 aromatic rings. The van der Waals surface area contributed by atoms with Crippen LogP contribution in [0.15, 0.2) is 18.2 Å². The Kier molecular flexibility index (Phi) is 3.69. The molecule has 1 aromatic carbocycles. The number of aromatic nitrogens is 2. The van der Waals surface area contributed by atoms with Crippen molar-refractivity contribution in [2.75, 3.05) is 6.61 Å². The van der Waals surface area contributed by atoms with Crippen molar-refractivity contribution in [2.24, 2.45) is 0 Å². The number of hydrogen-bond acceptors (Lipinski definition) is 2. The normalized spacial score (nSPS) is 11.6. The van der Waals surface area contributed by atoms with E-state index >= 15 is 0 Å². The van der Waals surface area contributed by atoms with Crippen molar-refractivity contribution in [1.29, 1.82) is 0 Å². The number of fused-ring (bicyclic) bond motifs is 1. The Balaban J connectivity index is 2.53. The molecule has 0 saturated carbocycles. The van der Waals surface area contributed by atoms with Crippen LogP contribution < -0.4 is 0 Å². The lowest BCUT2D eigenvalue weighted by atomic mass is 10.2. The molecular formula is C13H17ClN2O. The predicted octanol–water partition coefficient (Wildman–Crippen LogP) is 3.20. The smallest absolute Gasteiger partial charge is 0.110 e. The summed E-state index contributed by atoms with van der Waals surface area (Å²) in [5.74, 6) is 1.02. The average Bonchev–Trinajstić information content (AvgIpc) is 2.63. The van der Waals surface area contributed by atoms with Crippen molar-refractivity contribution < 1.29 is 5.11 Å². The highest BCUT2D eigenvalue weighted by molar-refractivity contribution is 6.31. The van der Waals surface area contributed by atoms with Crippen molar-refractivity contribution in [2.45, 2.75) is 32.7 Å². The highest BCUT2D eigenvalue weighted by Crippen LogP contribution is 2.24. The fourth-order valence-corrected chi connectivity index (χ4v) is 2.28. The minimum atomic E-state index is 0.196. The molecule has 2 rings (SSSR count). The van der Waals surface area contributed by atoms with Crippen LogP contribution in [0.4, 0.5) is 0 Å². The lowest BCUT2D eigenvalue weighted by Gasteiger charge is -2.12. The van der Waals surface area contributed by atoms with Crippen LogP contribution in [-0.4, -0.2) is 21.3 Å². The lowest BCUT2D eigenvalue weighted by molar-refractivity contribution is 0.286. The van der Waals surface area contributed by atoms with E-state index < -0.39 is 0 Å². The van der Waals surface area contributed by atoms with Crippen molar-refractivity contribution in [3.63, 3.8) is 0 Å².